The van der Waals surface area contributed by atoms with E-state index in [1.807, 2.05) is 20.8 Å². The zero-order valence-corrected chi connectivity index (χ0v) is 12.7. The smallest absolute Gasteiger partial charge is 0.240 e. The molecule has 0 atom stereocenters. The van der Waals surface area contributed by atoms with Gasteiger partial charge in [0.2, 0.25) is 11.8 Å². The van der Waals surface area contributed by atoms with E-state index in [9.17, 15) is 9.59 Å². The fourth-order valence-corrected chi connectivity index (χ4v) is 1.76. The minimum Gasteiger partial charge on any atom is -0.497 e. The molecule has 1 N–H and O–H groups in total. The lowest BCUT2D eigenvalue weighted by atomic mass is 10.1. The molecule has 0 unspecified atom stereocenters. The van der Waals surface area contributed by atoms with Crippen LogP contribution in [-0.4, -0.2) is 31.0 Å². The van der Waals surface area contributed by atoms with Crippen LogP contribution in [-0.2, 0) is 9.59 Å². The van der Waals surface area contributed by atoms with E-state index in [2.05, 4.69) is 5.32 Å². The Hall–Kier alpha value is -2.04. The van der Waals surface area contributed by atoms with E-state index in [1.165, 1.54) is 11.8 Å². The molecule has 5 heteroatoms. The lowest BCUT2D eigenvalue weighted by molar-refractivity contribution is -0.124. The van der Waals surface area contributed by atoms with Crippen LogP contribution in [0.1, 0.15) is 27.7 Å². The van der Waals surface area contributed by atoms with Crippen molar-refractivity contribution in [3.05, 3.63) is 24.3 Å². The van der Waals surface area contributed by atoms with Gasteiger partial charge in [0, 0.05) is 24.2 Å². The Morgan fingerprint density at radius 2 is 1.95 bits per heavy atom. The van der Waals surface area contributed by atoms with Crippen LogP contribution >= 0.6 is 0 Å². The highest BCUT2D eigenvalue weighted by atomic mass is 16.5. The normalized spacial score (nSPS) is 10.8. The summed E-state index contributed by atoms with van der Waals surface area (Å²) in [5.74, 6) is 0.253. The van der Waals surface area contributed by atoms with Crippen molar-refractivity contribution in [1.29, 1.82) is 0 Å². The predicted molar refractivity (Wildman–Crippen MR) is 78.9 cm³/mol. The minimum atomic E-state index is -0.325. The molecule has 1 aromatic rings. The highest BCUT2D eigenvalue weighted by molar-refractivity contribution is 5.97. The molecule has 1 aromatic carbocycles. The zero-order chi connectivity index (χ0) is 15.3. The molecule has 0 aliphatic rings. The maximum Gasteiger partial charge on any atom is 0.240 e. The summed E-state index contributed by atoms with van der Waals surface area (Å²) in [6, 6.07) is 7.07. The third-order valence-electron chi connectivity index (χ3n) is 2.56. The number of methoxy groups -OCH3 is 1. The number of carbonyl (C=O) groups excluding carboxylic acids is 2. The first-order valence-electron chi connectivity index (χ1n) is 6.46. The van der Waals surface area contributed by atoms with Crippen molar-refractivity contribution in [2.75, 3.05) is 18.6 Å². The van der Waals surface area contributed by atoms with Crippen LogP contribution < -0.4 is 15.0 Å². The summed E-state index contributed by atoms with van der Waals surface area (Å²) < 4.78 is 5.13. The molecule has 0 saturated carbocycles. The number of nitrogens with zero attached hydrogens (tertiary/aromatic N) is 1. The lowest BCUT2D eigenvalue weighted by Gasteiger charge is -2.25. The molecule has 0 aromatic heterocycles. The number of nitrogens with one attached hydrogen (secondary N) is 1. The highest BCUT2D eigenvalue weighted by Gasteiger charge is 2.19. The molecule has 20 heavy (non-hydrogen) atoms. The third kappa shape index (κ3) is 4.91. The van der Waals surface area contributed by atoms with Crippen molar-refractivity contribution < 1.29 is 14.3 Å². The van der Waals surface area contributed by atoms with Crippen LogP contribution in [0.2, 0.25) is 0 Å². The Kier molecular flexibility index (Phi) is 5.13. The lowest BCUT2D eigenvalue weighted by Crippen LogP contribution is -2.47. The average molecular weight is 278 g/mol. The van der Waals surface area contributed by atoms with Crippen molar-refractivity contribution in [2.24, 2.45) is 0 Å². The number of rotatable bonds is 4. The Balaban J connectivity index is 2.89. The molecule has 2 amide bonds. The summed E-state index contributed by atoms with van der Waals surface area (Å²) in [5.41, 5.74) is 0.314. The first-order chi connectivity index (χ1) is 9.23. The van der Waals surface area contributed by atoms with Gasteiger partial charge in [0.15, 0.2) is 0 Å². The summed E-state index contributed by atoms with van der Waals surface area (Å²) in [4.78, 5) is 25.1. The number of ether oxygens (including phenoxy) is 1. The second-order valence-corrected chi connectivity index (χ2v) is 5.60. The van der Waals surface area contributed by atoms with Crippen molar-refractivity contribution in [1.82, 2.24) is 5.32 Å². The molecule has 0 spiro atoms. The summed E-state index contributed by atoms with van der Waals surface area (Å²) in [6.45, 7) is 7.11. The van der Waals surface area contributed by atoms with Crippen LogP contribution in [0.25, 0.3) is 0 Å². The van der Waals surface area contributed by atoms with Crippen LogP contribution in [0.3, 0.4) is 0 Å². The van der Waals surface area contributed by atoms with Gasteiger partial charge in [-0.15, -0.1) is 0 Å². The van der Waals surface area contributed by atoms with E-state index in [4.69, 9.17) is 4.74 Å². The molecule has 0 fully saturated rings. The van der Waals surface area contributed by atoms with Gasteiger partial charge in [-0.25, -0.2) is 0 Å². The zero-order valence-electron chi connectivity index (χ0n) is 12.7. The van der Waals surface area contributed by atoms with E-state index >= 15 is 0 Å². The van der Waals surface area contributed by atoms with Gasteiger partial charge in [-0.3, -0.25) is 9.59 Å². The number of hydrogen-bond donors (Lipinski definition) is 1. The largest absolute Gasteiger partial charge is 0.497 e. The first-order valence-corrected chi connectivity index (χ1v) is 6.46. The predicted octanol–water partition coefficient (Wildman–Crippen LogP) is 1.96. The molecule has 0 radical (unpaired) electrons. The summed E-state index contributed by atoms with van der Waals surface area (Å²) in [6.07, 6.45) is 0. The van der Waals surface area contributed by atoms with Gasteiger partial charge in [0.1, 0.15) is 12.3 Å². The molecule has 0 aliphatic carbocycles. The molecule has 0 aliphatic heterocycles. The monoisotopic (exact) mass is 278 g/mol. The summed E-state index contributed by atoms with van der Waals surface area (Å²) in [7, 11) is 1.56. The van der Waals surface area contributed by atoms with Crippen LogP contribution in [0.5, 0.6) is 5.75 Å². The van der Waals surface area contributed by atoms with Crippen molar-refractivity contribution in [2.45, 2.75) is 33.2 Å². The highest BCUT2D eigenvalue weighted by Crippen LogP contribution is 2.21. The fourth-order valence-electron chi connectivity index (χ4n) is 1.76. The summed E-state index contributed by atoms with van der Waals surface area (Å²) in [5, 5.41) is 2.84. The van der Waals surface area contributed by atoms with E-state index in [1.54, 1.807) is 31.4 Å². The van der Waals surface area contributed by atoms with E-state index in [0.29, 0.717) is 11.4 Å². The van der Waals surface area contributed by atoms with Crippen molar-refractivity contribution >= 4 is 17.5 Å². The first kappa shape index (κ1) is 16.0. The quantitative estimate of drug-likeness (QED) is 0.916. The van der Waals surface area contributed by atoms with Gasteiger partial charge in [0.05, 0.1) is 7.11 Å². The maximum absolute atomic E-state index is 12.0. The third-order valence-corrected chi connectivity index (χ3v) is 2.56. The van der Waals surface area contributed by atoms with E-state index in [0.717, 1.165) is 0 Å². The topological polar surface area (TPSA) is 58.6 Å². The Morgan fingerprint density at radius 3 is 2.45 bits per heavy atom. The second kappa shape index (κ2) is 6.41. The standard InChI is InChI=1S/C15H22N2O3/c1-11(18)17(10-14(19)16-15(2,3)4)12-7-6-8-13(9-12)20-5/h6-9H,10H2,1-5H3,(H,16,19). The van der Waals surface area contributed by atoms with Crippen LogP contribution in [0.15, 0.2) is 24.3 Å². The van der Waals surface area contributed by atoms with E-state index < -0.39 is 0 Å². The number of carbonyl (C=O) groups is 2. The fraction of sp³-hybridized carbons (Fsp3) is 0.467. The number of anilines is 1. The number of hydrogen-bond acceptors (Lipinski definition) is 3. The molecule has 0 saturated heterocycles. The number of benzene rings is 1. The van der Waals surface area contributed by atoms with Crippen molar-refractivity contribution in [3.8, 4) is 5.75 Å². The van der Waals surface area contributed by atoms with Gasteiger partial charge in [-0.2, -0.15) is 0 Å². The Bertz CT molecular complexity index is 492. The molecular weight excluding hydrogens is 256 g/mol. The molecule has 0 bridgehead atoms. The minimum absolute atomic E-state index is 0.0141. The summed E-state index contributed by atoms with van der Waals surface area (Å²) >= 11 is 0. The molecular formula is C15H22N2O3. The van der Waals surface area contributed by atoms with Crippen molar-refractivity contribution in [3.63, 3.8) is 0 Å². The maximum atomic E-state index is 12.0. The second-order valence-electron chi connectivity index (χ2n) is 5.60. The Labute approximate surface area is 119 Å². The Morgan fingerprint density at radius 1 is 1.30 bits per heavy atom. The van der Waals surface area contributed by atoms with Gasteiger partial charge in [-0.1, -0.05) is 6.07 Å². The molecule has 5 nitrogen and oxygen atoms in total. The molecule has 0 heterocycles. The van der Waals surface area contributed by atoms with Gasteiger partial charge in [-0.05, 0) is 32.9 Å². The van der Waals surface area contributed by atoms with Gasteiger partial charge < -0.3 is 15.0 Å². The van der Waals surface area contributed by atoms with Crippen LogP contribution in [0.4, 0.5) is 5.69 Å². The average Bonchev–Trinajstić information content (AvgIpc) is 2.33. The molecule has 1 rings (SSSR count). The van der Waals surface area contributed by atoms with E-state index in [-0.39, 0.29) is 23.9 Å². The molecule has 110 valence electrons. The van der Waals surface area contributed by atoms with Gasteiger partial charge in [0.25, 0.3) is 0 Å². The SMILES string of the molecule is COc1cccc(N(CC(=O)NC(C)(C)C)C(C)=O)c1. The van der Waals surface area contributed by atoms with Gasteiger partial charge >= 0.3 is 0 Å². The van der Waals surface area contributed by atoms with Crippen LogP contribution in [0, 0.1) is 0 Å². The number of amides is 2.